The number of carbonyl (C=O) groups excluding carboxylic acids is 1. The first-order valence-electron chi connectivity index (χ1n) is 8.33. The zero-order valence-corrected chi connectivity index (χ0v) is 15.8. The fraction of sp³-hybridized carbons (Fsp3) is 0.316. The highest BCUT2D eigenvalue weighted by Crippen LogP contribution is 2.33. The lowest BCUT2D eigenvalue weighted by Gasteiger charge is -2.36. The molecule has 0 fully saturated rings. The molecule has 0 N–H and O–H groups in total. The average molecular weight is 353 g/mol. The molecule has 0 aliphatic carbocycles. The quantitative estimate of drug-likeness (QED) is 0.246. The van der Waals surface area contributed by atoms with Crippen LogP contribution in [0.3, 0.4) is 0 Å². The molecule has 5 nitrogen and oxygen atoms in total. The van der Waals surface area contributed by atoms with Crippen LogP contribution in [0, 0.1) is 0 Å². The lowest BCUT2D eigenvalue weighted by Crippen LogP contribution is -2.53. The van der Waals surface area contributed by atoms with Crippen LogP contribution in [0.5, 0.6) is 0 Å². The van der Waals surface area contributed by atoms with Gasteiger partial charge in [0.25, 0.3) is 0 Å². The molecule has 0 saturated carbocycles. The summed E-state index contributed by atoms with van der Waals surface area (Å²) in [7, 11) is -2.21. The molecule has 2 aromatic carbocycles. The second kappa shape index (κ2) is 8.51. The van der Waals surface area contributed by atoms with Crippen LogP contribution in [0.15, 0.2) is 65.8 Å². The van der Waals surface area contributed by atoms with Crippen molar-refractivity contribution in [3.8, 4) is 0 Å². The van der Waals surface area contributed by atoms with Gasteiger partial charge in [0.05, 0.1) is 14.7 Å². The van der Waals surface area contributed by atoms with Gasteiger partial charge in [-0.3, -0.25) is 4.79 Å². The molecule has 0 amide bonds. The molecule has 6 heteroatoms. The predicted molar refractivity (Wildman–Crippen MR) is 102 cm³/mol. The molecule has 0 radical (unpaired) electrons. The van der Waals surface area contributed by atoms with Crippen LogP contribution in [-0.4, -0.2) is 26.7 Å². The van der Waals surface area contributed by atoms with Crippen LogP contribution in [-0.2, 0) is 9.53 Å². The largest absolute Gasteiger partial charge is 0.466 e. The lowest BCUT2D eigenvalue weighted by atomic mass is 10.1. The first-order chi connectivity index (χ1) is 12.0. The molecule has 0 aliphatic rings. The zero-order chi connectivity index (χ0) is 18.3. The van der Waals surface area contributed by atoms with Crippen molar-refractivity contribution in [2.45, 2.75) is 31.6 Å². The molecule has 0 saturated heterocycles. The first kappa shape index (κ1) is 18.8. The van der Waals surface area contributed by atoms with E-state index in [4.69, 9.17) is 10.3 Å². The predicted octanol–water partition coefficient (Wildman–Crippen LogP) is 4.17. The Kier molecular flexibility index (Phi) is 6.39. The van der Waals surface area contributed by atoms with Crippen molar-refractivity contribution in [1.82, 2.24) is 0 Å². The number of hydrogen-bond acceptors (Lipinski definition) is 3. The van der Waals surface area contributed by atoms with Crippen molar-refractivity contribution in [1.29, 1.82) is 0 Å². The molecular weight excluding hydrogens is 330 g/mol. The Morgan fingerprint density at radius 1 is 1.12 bits per heavy atom. The highest BCUT2D eigenvalue weighted by molar-refractivity contribution is 6.91. The summed E-state index contributed by atoms with van der Waals surface area (Å²) in [6.45, 7) is 6.39. The van der Waals surface area contributed by atoms with E-state index in [1.54, 1.807) is 6.92 Å². The standard InChI is InChI=1S/C19H23N3O2Si/c1-4-24-19(23)17(21-22-20)18(15-11-7-5-8-12-15)25(2,3)16-13-9-6-10-14-16/h5-14,17-18H,4H2,1-3H3/t17-,18-/m1/s1. The van der Waals surface area contributed by atoms with Crippen molar-refractivity contribution in [3.63, 3.8) is 0 Å². The third-order valence-corrected chi connectivity index (χ3v) is 8.50. The Labute approximate surface area is 149 Å². The van der Waals surface area contributed by atoms with E-state index in [9.17, 15) is 4.79 Å². The van der Waals surface area contributed by atoms with Gasteiger partial charge in [-0.2, -0.15) is 0 Å². The average Bonchev–Trinajstić information content (AvgIpc) is 2.63. The number of ether oxygens (including phenoxy) is 1. The Bertz CT molecular complexity index is 744. The second-order valence-electron chi connectivity index (χ2n) is 6.38. The van der Waals surface area contributed by atoms with Crippen LogP contribution in [0.2, 0.25) is 13.1 Å². The maximum absolute atomic E-state index is 12.6. The molecule has 0 bridgehead atoms. The summed E-state index contributed by atoms with van der Waals surface area (Å²) in [6, 6.07) is 19.1. The summed E-state index contributed by atoms with van der Waals surface area (Å²) in [6.07, 6.45) is 0. The van der Waals surface area contributed by atoms with E-state index in [-0.39, 0.29) is 12.1 Å². The summed E-state index contributed by atoms with van der Waals surface area (Å²) in [5.74, 6) is -0.467. The van der Waals surface area contributed by atoms with E-state index < -0.39 is 20.1 Å². The third kappa shape index (κ3) is 4.29. The van der Waals surface area contributed by atoms with Crippen molar-refractivity contribution in [3.05, 3.63) is 76.7 Å². The minimum Gasteiger partial charge on any atom is -0.466 e. The zero-order valence-electron chi connectivity index (χ0n) is 14.8. The summed E-state index contributed by atoms with van der Waals surface area (Å²) >= 11 is 0. The summed E-state index contributed by atoms with van der Waals surface area (Å²) < 4.78 is 5.21. The van der Waals surface area contributed by atoms with Crippen LogP contribution >= 0.6 is 0 Å². The van der Waals surface area contributed by atoms with Crippen LogP contribution in [0.25, 0.3) is 10.4 Å². The normalized spacial score (nSPS) is 13.4. The Morgan fingerprint density at radius 3 is 2.20 bits per heavy atom. The van der Waals surface area contributed by atoms with Crippen molar-refractivity contribution < 1.29 is 9.53 Å². The van der Waals surface area contributed by atoms with Gasteiger partial charge in [-0.05, 0) is 18.0 Å². The Balaban J connectivity index is 2.60. The van der Waals surface area contributed by atoms with Gasteiger partial charge in [0.1, 0.15) is 6.04 Å². The number of benzene rings is 2. The number of nitrogens with zero attached hydrogens (tertiary/aromatic N) is 3. The maximum Gasteiger partial charge on any atom is 0.315 e. The van der Waals surface area contributed by atoms with E-state index in [1.165, 1.54) is 5.19 Å². The van der Waals surface area contributed by atoms with E-state index in [2.05, 4.69) is 35.3 Å². The van der Waals surface area contributed by atoms with Crippen molar-refractivity contribution in [2.75, 3.05) is 6.61 Å². The van der Waals surface area contributed by atoms with Gasteiger partial charge in [-0.1, -0.05) is 84.1 Å². The summed E-state index contributed by atoms with van der Waals surface area (Å²) in [5.41, 5.74) is 9.83. The van der Waals surface area contributed by atoms with Crippen molar-refractivity contribution >= 4 is 19.2 Å². The highest BCUT2D eigenvalue weighted by atomic mass is 28.3. The Hall–Kier alpha value is -2.56. The van der Waals surface area contributed by atoms with Gasteiger partial charge < -0.3 is 4.74 Å². The van der Waals surface area contributed by atoms with Crippen LogP contribution in [0.1, 0.15) is 18.0 Å². The first-order valence-corrected chi connectivity index (χ1v) is 11.4. The maximum atomic E-state index is 12.6. The Morgan fingerprint density at radius 2 is 1.68 bits per heavy atom. The van der Waals surface area contributed by atoms with Gasteiger partial charge >= 0.3 is 5.97 Å². The molecule has 2 atom stereocenters. The minimum absolute atomic E-state index is 0.217. The lowest BCUT2D eigenvalue weighted by molar-refractivity contribution is -0.144. The van der Waals surface area contributed by atoms with E-state index in [0.29, 0.717) is 0 Å². The molecule has 0 heterocycles. The highest BCUT2D eigenvalue weighted by Gasteiger charge is 2.43. The van der Waals surface area contributed by atoms with E-state index in [1.807, 2.05) is 48.5 Å². The second-order valence-corrected chi connectivity index (χ2v) is 11.0. The molecular formula is C19H23N3O2Si. The summed E-state index contributed by atoms with van der Waals surface area (Å²) in [4.78, 5) is 15.5. The molecule has 2 aromatic rings. The fourth-order valence-corrected chi connectivity index (χ4v) is 6.66. The summed E-state index contributed by atoms with van der Waals surface area (Å²) in [5, 5.41) is 5.05. The monoisotopic (exact) mass is 353 g/mol. The van der Waals surface area contributed by atoms with Crippen LogP contribution in [0.4, 0.5) is 0 Å². The number of rotatable bonds is 7. The van der Waals surface area contributed by atoms with Gasteiger partial charge in [0.2, 0.25) is 0 Å². The molecule has 2 rings (SSSR count). The van der Waals surface area contributed by atoms with Gasteiger partial charge in [0.15, 0.2) is 0 Å². The molecule has 130 valence electrons. The van der Waals surface area contributed by atoms with Crippen molar-refractivity contribution in [2.24, 2.45) is 5.11 Å². The van der Waals surface area contributed by atoms with Gasteiger partial charge in [-0.25, -0.2) is 0 Å². The molecule has 0 aromatic heterocycles. The smallest absolute Gasteiger partial charge is 0.315 e. The molecule has 0 unspecified atom stereocenters. The van der Waals surface area contributed by atoms with E-state index in [0.717, 1.165) is 5.56 Å². The minimum atomic E-state index is -2.21. The fourth-order valence-electron chi connectivity index (χ4n) is 3.23. The van der Waals surface area contributed by atoms with Gasteiger partial charge in [0, 0.05) is 10.5 Å². The van der Waals surface area contributed by atoms with E-state index >= 15 is 0 Å². The number of hydrogen-bond donors (Lipinski definition) is 0. The number of carbonyl (C=O) groups is 1. The SMILES string of the molecule is CCOC(=O)[C@H](N=[N+]=[N-])[C@@H](c1ccccc1)[Si](C)(C)c1ccccc1. The number of esters is 1. The van der Waals surface area contributed by atoms with Gasteiger partial charge in [-0.15, -0.1) is 0 Å². The molecule has 0 spiro atoms. The third-order valence-electron chi connectivity index (χ3n) is 4.47. The van der Waals surface area contributed by atoms with Crippen LogP contribution < -0.4 is 5.19 Å². The molecule has 25 heavy (non-hydrogen) atoms. The molecule has 0 aliphatic heterocycles. The number of azide groups is 1. The topological polar surface area (TPSA) is 75.1 Å².